The van der Waals surface area contributed by atoms with Crippen LogP contribution in [-0.4, -0.2) is 37.3 Å². The summed E-state index contributed by atoms with van der Waals surface area (Å²) in [6.07, 6.45) is 0.0264. The van der Waals surface area contributed by atoms with E-state index in [4.69, 9.17) is 21.1 Å². The number of anilines is 1. The number of nitrogens with one attached hydrogen (secondary N) is 2. The summed E-state index contributed by atoms with van der Waals surface area (Å²) in [5.74, 6) is -0.645. The zero-order valence-corrected chi connectivity index (χ0v) is 17.4. The van der Waals surface area contributed by atoms with Crippen molar-refractivity contribution in [1.82, 2.24) is 5.32 Å². The van der Waals surface area contributed by atoms with Crippen molar-refractivity contribution in [3.63, 3.8) is 0 Å². The van der Waals surface area contributed by atoms with Crippen molar-refractivity contribution >= 4 is 46.8 Å². The number of amides is 2. The van der Waals surface area contributed by atoms with E-state index >= 15 is 0 Å². The van der Waals surface area contributed by atoms with Crippen LogP contribution >= 0.6 is 23.4 Å². The van der Waals surface area contributed by atoms with Gasteiger partial charge in [-0.2, -0.15) is 0 Å². The second-order valence-electron chi connectivity index (χ2n) is 6.24. The molecule has 0 spiro atoms. The molecule has 2 amide bonds. The van der Waals surface area contributed by atoms with Gasteiger partial charge in [0.2, 0.25) is 11.8 Å². The van der Waals surface area contributed by atoms with Crippen LogP contribution in [0.5, 0.6) is 5.75 Å². The number of hydrogen-bond donors (Lipinski definition) is 2. The second-order valence-corrected chi connectivity index (χ2v) is 7.92. The minimum atomic E-state index is -0.537. The van der Waals surface area contributed by atoms with E-state index in [1.54, 1.807) is 30.3 Å². The quantitative estimate of drug-likeness (QED) is 0.678. The zero-order chi connectivity index (χ0) is 21.0. The van der Waals surface area contributed by atoms with Gasteiger partial charge in [-0.15, -0.1) is 11.8 Å². The fourth-order valence-corrected chi connectivity index (χ4v) is 4.10. The molecule has 1 heterocycles. The van der Waals surface area contributed by atoms with Crippen LogP contribution in [-0.2, 0) is 20.9 Å². The molecule has 0 bridgehead atoms. The molecule has 0 saturated heterocycles. The molecule has 3 rings (SSSR count). The summed E-state index contributed by atoms with van der Waals surface area (Å²) >= 11 is 7.27. The molecule has 1 aliphatic rings. The topological polar surface area (TPSA) is 93.7 Å². The Bertz CT molecular complexity index is 966. The highest BCUT2D eigenvalue weighted by Crippen LogP contribution is 2.38. The first kappa shape index (κ1) is 21.0. The Labute approximate surface area is 177 Å². The molecular formula is C20H19ClN2O5S. The molecule has 1 aliphatic heterocycles. The molecule has 2 N–H and O–H groups in total. The standard InChI is InChI=1S/C20H19ClN2O5S/c1-27-15-5-3-11(7-13(15)20(26)28-2)10-22-18(24)9-17-19(25)23-14-8-12(21)4-6-16(14)29-17/h3-8,17H,9-10H2,1-2H3,(H,22,24)(H,23,25)/t17-/m1/s1. The van der Waals surface area contributed by atoms with Crippen LogP contribution in [0.25, 0.3) is 0 Å². The Balaban J connectivity index is 1.61. The third-order valence-electron chi connectivity index (χ3n) is 4.29. The first-order chi connectivity index (χ1) is 13.9. The smallest absolute Gasteiger partial charge is 0.341 e. The number of fused-ring (bicyclic) bond motifs is 1. The van der Waals surface area contributed by atoms with Crippen LogP contribution in [0.3, 0.4) is 0 Å². The van der Waals surface area contributed by atoms with E-state index in [9.17, 15) is 14.4 Å². The molecule has 0 radical (unpaired) electrons. The maximum absolute atomic E-state index is 12.4. The van der Waals surface area contributed by atoms with Gasteiger partial charge >= 0.3 is 5.97 Å². The molecule has 0 unspecified atom stereocenters. The molecule has 0 aliphatic carbocycles. The Hall–Kier alpha value is -2.71. The minimum Gasteiger partial charge on any atom is -0.496 e. The van der Waals surface area contributed by atoms with E-state index in [-0.39, 0.29) is 30.3 Å². The number of carbonyl (C=O) groups is 3. The molecule has 9 heteroatoms. The highest BCUT2D eigenvalue weighted by molar-refractivity contribution is 8.01. The van der Waals surface area contributed by atoms with E-state index in [1.807, 2.05) is 6.07 Å². The fraction of sp³-hybridized carbons (Fsp3) is 0.250. The summed E-state index contributed by atoms with van der Waals surface area (Å²) in [7, 11) is 2.75. The maximum Gasteiger partial charge on any atom is 0.341 e. The number of carbonyl (C=O) groups excluding carboxylic acids is 3. The van der Waals surface area contributed by atoms with Crippen LogP contribution in [0.15, 0.2) is 41.3 Å². The zero-order valence-electron chi connectivity index (χ0n) is 15.8. The number of rotatable bonds is 6. The number of thioether (sulfide) groups is 1. The molecule has 29 heavy (non-hydrogen) atoms. The summed E-state index contributed by atoms with van der Waals surface area (Å²) in [6, 6.07) is 10.2. The third kappa shape index (κ3) is 5.02. The predicted octanol–water partition coefficient (Wildman–Crippen LogP) is 3.25. The lowest BCUT2D eigenvalue weighted by Gasteiger charge is -2.23. The predicted molar refractivity (Wildman–Crippen MR) is 111 cm³/mol. The number of methoxy groups -OCH3 is 2. The highest BCUT2D eigenvalue weighted by atomic mass is 35.5. The molecule has 0 fully saturated rings. The molecule has 7 nitrogen and oxygen atoms in total. The highest BCUT2D eigenvalue weighted by Gasteiger charge is 2.29. The normalized spacial score (nSPS) is 15.1. The van der Waals surface area contributed by atoms with E-state index in [2.05, 4.69) is 10.6 Å². The maximum atomic E-state index is 12.4. The summed E-state index contributed by atoms with van der Waals surface area (Å²) in [6.45, 7) is 0.206. The van der Waals surface area contributed by atoms with E-state index < -0.39 is 11.2 Å². The molecule has 0 aromatic heterocycles. The Morgan fingerprint density at radius 3 is 2.72 bits per heavy atom. The van der Waals surface area contributed by atoms with Crippen molar-refractivity contribution in [2.45, 2.75) is 23.1 Å². The number of ether oxygens (including phenoxy) is 2. The van der Waals surface area contributed by atoms with Crippen molar-refractivity contribution in [2.75, 3.05) is 19.5 Å². The number of halogens is 1. The molecule has 152 valence electrons. The number of benzene rings is 2. The monoisotopic (exact) mass is 434 g/mol. The van der Waals surface area contributed by atoms with E-state index in [1.165, 1.54) is 26.0 Å². The van der Waals surface area contributed by atoms with Gasteiger partial charge in [0.15, 0.2) is 0 Å². The Kier molecular flexibility index (Phi) is 6.66. The lowest BCUT2D eigenvalue weighted by Crippen LogP contribution is -2.34. The van der Waals surface area contributed by atoms with Gasteiger partial charge in [-0.1, -0.05) is 17.7 Å². The summed E-state index contributed by atoms with van der Waals surface area (Å²) in [5.41, 5.74) is 1.64. The summed E-state index contributed by atoms with van der Waals surface area (Å²) in [4.78, 5) is 37.4. The van der Waals surface area contributed by atoms with Gasteiger partial charge in [0.25, 0.3) is 0 Å². The van der Waals surface area contributed by atoms with Crippen LogP contribution in [0.4, 0.5) is 5.69 Å². The molecule has 2 aromatic carbocycles. The Morgan fingerprint density at radius 1 is 1.21 bits per heavy atom. The molecule has 0 saturated carbocycles. The van der Waals surface area contributed by atoms with Crippen LogP contribution < -0.4 is 15.4 Å². The average Bonchev–Trinajstić information content (AvgIpc) is 2.72. The Morgan fingerprint density at radius 2 is 2.00 bits per heavy atom. The first-order valence-electron chi connectivity index (χ1n) is 8.70. The minimum absolute atomic E-state index is 0.0264. The largest absolute Gasteiger partial charge is 0.496 e. The van der Waals surface area contributed by atoms with E-state index in [0.717, 1.165) is 4.90 Å². The summed E-state index contributed by atoms with van der Waals surface area (Å²) < 4.78 is 9.90. The van der Waals surface area contributed by atoms with Gasteiger partial charge in [-0.3, -0.25) is 9.59 Å². The third-order valence-corrected chi connectivity index (χ3v) is 5.80. The van der Waals surface area contributed by atoms with E-state index in [0.29, 0.717) is 22.0 Å². The van der Waals surface area contributed by atoms with Gasteiger partial charge < -0.3 is 20.1 Å². The molecule has 1 atom stereocenters. The molecule has 2 aromatic rings. The lowest BCUT2D eigenvalue weighted by atomic mass is 10.1. The van der Waals surface area contributed by atoms with Crippen LogP contribution in [0.2, 0.25) is 5.02 Å². The van der Waals surface area contributed by atoms with Crippen molar-refractivity contribution in [3.8, 4) is 5.75 Å². The van der Waals surface area contributed by atoms with Crippen molar-refractivity contribution in [3.05, 3.63) is 52.5 Å². The van der Waals surface area contributed by atoms with Gasteiger partial charge in [-0.05, 0) is 35.9 Å². The van der Waals surface area contributed by atoms with Crippen molar-refractivity contribution in [2.24, 2.45) is 0 Å². The van der Waals surface area contributed by atoms with Gasteiger partial charge in [0, 0.05) is 22.9 Å². The fourth-order valence-electron chi connectivity index (χ4n) is 2.83. The lowest BCUT2D eigenvalue weighted by molar-refractivity contribution is -0.124. The first-order valence-corrected chi connectivity index (χ1v) is 9.96. The number of esters is 1. The summed E-state index contributed by atoms with van der Waals surface area (Å²) in [5, 5.41) is 5.55. The molecular weight excluding hydrogens is 416 g/mol. The SMILES string of the molecule is COC(=O)c1cc(CNC(=O)C[C@H]2Sc3ccc(Cl)cc3NC2=O)ccc1OC. The second kappa shape index (κ2) is 9.19. The van der Waals surface area contributed by atoms with Crippen LogP contribution in [0.1, 0.15) is 22.3 Å². The van der Waals surface area contributed by atoms with Gasteiger partial charge in [0.1, 0.15) is 11.3 Å². The van der Waals surface area contributed by atoms with Gasteiger partial charge in [-0.25, -0.2) is 4.79 Å². The van der Waals surface area contributed by atoms with Crippen molar-refractivity contribution in [1.29, 1.82) is 0 Å². The van der Waals surface area contributed by atoms with Gasteiger partial charge in [0.05, 0.1) is 25.2 Å². The van der Waals surface area contributed by atoms with Crippen molar-refractivity contribution < 1.29 is 23.9 Å². The number of hydrogen-bond acceptors (Lipinski definition) is 6. The van der Waals surface area contributed by atoms with Crippen LogP contribution in [0, 0.1) is 0 Å². The average molecular weight is 435 g/mol.